The first kappa shape index (κ1) is 9.71. The minimum Gasteiger partial charge on any atom is -0.464 e. The topological polar surface area (TPSA) is 26.0 Å². The Balaban J connectivity index is 2.16. The molecule has 1 radical (unpaired) electrons. The van der Waals surface area contributed by atoms with E-state index >= 15 is 0 Å². The van der Waals surface area contributed by atoms with Crippen molar-refractivity contribution < 1.29 is 4.42 Å². The standard InChI is InChI=1S/C13H12NO/c1-2-3-4-5-6-12-11-8-10-15-13(11)7-9-14-12/h1-4,7-10H,5-6H2. The van der Waals surface area contributed by atoms with E-state index in [2.05, 4.69) is 4.98 Å². The van der Waals surface area contributed by atoms with Crippen molar-refractivity contribution >= 4 is 11.0 Å². The van der Waals surface area contributed by atoms with E-state index < -0.39 is 0 Å². The highest BCUT2D eigenvalue weighted by Crippen LogP contribution is 2.18. The average molecular weight is 198 g/mol. The number of fused-ring (bicyclic) bond motifs is 1. The Bertz CT molecular complexity index is 482. The zero-order valence-corrected chi connectivity index (χ0v) is 8.39. The van der Waals surface area contributed by atoms with Crippen LogP contribution in [0.3, 0.4) is 0 Å². The molecule has 0 unspecified atom stereocenters. The second-order valence-electron chi connectivity index (χ2n) is 3.25. The lowest BCUT2D eigenvalue weighted by atomic mass is 10.1. The highest BCUT2D eigenvalue weighted by molar-refractivity contribution is 5.79. The van der Waals surface area contributed by atoms with E-state index in [-0.39, 0.29) is 0 Å². The monoisotopic (exact) mass is 198 g/mol. The van der Waals surface area contributed by atoms with Crippen molar-refractivity contribution in [2.24, 2.45) is 0 Å². The van der Waals surface area contributed by atoms with E-state index in [9.17, 15) is 0 Å². The molecule has 2 heteroatoms. The van der Waals surface area contributed by atoms with Gasteiger partial charge in [0.25, 0.3) is 0 Å². The highest BCUT2D eigenvalue weighted by atomic mass is 16.3. The van der Waals surface area contributed by atoms with Gasteiger partial charge in [0.1, 0.15) is 5.58 Å². The fraction of sp³-hybridized carbons (Fsp3) is 0.154. The molecule has 0 bridgehead atoms. The van der Waals surface area contributed by atoms with Crippen LogP contribution in [-0.4, -0.2) is 4.98 Å². The smallest absolute Gasteiger partial charge is 0.137 e. The second-order valence-corrected chi connectivity index (χ2v) is 3.25. The Morgan fingerprint density at radius 3 is 3.20 bits per heavy atom. The lowest BCUT2D eigenvalue weighted by molar-refractivity contribution is 0.615. The number of hydrogen-bond donors (Lipinski definition) is 0. The largest absolute Gasteiger partial charge is 0.464 e. The van der Waals surface area contributed by atoms with Gasteiger partial charge in [-0.25, -0.2) is 0 Å². The maximum atomic E-state index is 5.30. The van der Waals surface area contributed by atoms with E-state index in [1.165, 1.54) is 6.08 Å². The van der Waals surface area contributed by atoms with Gasteiger partial charge in [0.05, 0.1) is 12.0 Å². The lowest BCUT2D eigenvalue weighted by Gasteiger charge is -1.98. The molecule has 0 aliphatic rings. The summed E-state index contributed by atoms with van der Waals surface area (Å²) in [5.41, 5.74) is 1.97. The van der Waals surface area contributed by atoms with Gasteiger partial charge in [-0.15, -0.1) is 0 Å². The number of rotatable bonds is 4. The summed E-state index contributed by atoms with van der Waals surface area (Å²) in [5, 5.41) is 1.10. The van der Waals surface area contributed by atoms with Crippen LogP contribution in [0.4, 0.5) is 0 Å². The summed E-state index contributed by atoms with van der Waals surface area (Å²) in [5.74, 6) is 0. The first-order valence-electron chi connectivity index (χ1n) is 4.93. The molecule has 0 aromatic carbocycles. The quantitative estimate of drug-likeness (QED) is 0.704. The molecule has 0 spiro atoms. The Kier molecular flexibility index (Phi) is 2.98. The molecule has 0 aliphatic carbocycles. The summed E-state index contributed by atoms with van der Waals surface area (Å²) in [4.78, 5) is 4.34. The van der Waals surface area contributed by atoms with Crippen molar-refractivity contribution in [3.05, 3.63) is 55.1 Å². The van der Waals surface area contributed by atoms with Gasteiger partial charge < -0.3 is 4.42 Å². The van der Waals surface area contributed by atoms with Crippen molar-refractivity contribution in [3.8, 4) is 0 Å². The predicted molar refractivity (Wildman–Crippen MR) is 60.3 cm³/mol. The summed E-state index contributed by atoms with van der Waals surface area (Å²) < 4.78 is 5.30. The molecule has 0 N–H and O–H groups in total. The normalized spacial score (nSPS) is 11.2. The van der Waals surface area contributed by atoms with Crippen molar-refractivity contribution in [1.29, 1.82) is 0 Å². The van der Waals surface area contributed by atoms with Crippen LogP contribution >= 0.6 is 0 Å². The third-order valence-corrected chi connectivity index (χ3v) is 2.26. The minimum atomic E-state index is 0.898. The van der Waals surface area contributed by atoms with Crippen molar-refractivity contribution in [3.63, 3.8) is 0 Å². The number of furan rings is 1. The molecule has 2 heterocycles. The van der Waals surface area contributed by atoms with Crippen molar-refractivity contribution in [2.45, 2.75) is 12.8 Å². The van der Waals surface area contributed by atoms with E-state index in [4.69, 9.17) is 11.0 Å². The molecule has 0 saturated carbocycles. The predicted octanol–water partition coefficient (Wildman–Crippen LogP) is 3.31. The molecular weight excluding hydrogens is 186 g/mol. The van der Waals surface area contributed by atoms with Gasteiger partial charge in [-0.3, -0.25) is 4.98 Å². The van der Waals surface area contributed by atoms with Crippen LogP contribution in [0, 0.1) is 6.58 Å². The van der Waals surface area contributed by atoms with Gasteiger partial charge >= 0.3 is 0 Å². The van der Waals surface area contributed by atoms with E-state index in [0.29, 0.717) is 0 Å². The van der Waals surface area contributed by atoms with Gasteiger partial charge in [0.15, 0.2) is 0 Å². The first-order valence-corrected chi connectivity index (χ1v) is 4.93. The summed E-state index contributed by atoms with van der Waals surface area (Å²) in [6.45, 7) is 5.24. The molecule has 0 atom stereocenters. The molecule has 2 nitrogen and oxygen atoms in total. The molecule has 0 fully saturated rings. The van der Waals surface area contributed by atoms with Crippen molar-refractivity contribution in [1.82, 2.24) is 4.98 Å². The third-order valence-electron chi connectivity index (χ3n) is 2.26. The molecule has 2 aromatic rings. The average Bonchev–Trinajstić information content (AvgIpc) is 2.73. The molecule has 0 aliphatic heterocycles. The van der Waals surface area contributed by atoms with Crippen LogP contribution in [0.15, 0.2) is 47.2 Å². The summed E-state index contributed by atoms with van der Waals surface area (Å²) in [7, 11) is 0. The van der Waals surface area contributed by atoms with Crippen LogP contribution in [0.25, 0.3) is 11.0 Å². The Morgan fingerprint density at radius 2 is 2.33 bits per heavy atom. The Hall–Kier alpha value is -1.83. The maximum Gasteiger partial charge on any atom is 0.137 e. The van der Waals surface area contributed by atoms with Crippen LogP contribution in [-0.2, 0) is 6.42 Å². The Labute approximate surface area is 88.9 Å². The van der Waals surface area contributed by atoms with Crippen LogP contribution in [0.5, 0.6) is 0 Å². The number of pyridine rings is 1. The Morgan fingerprint density at radius 1 is 1.40 bits per heavy atom. The third kappa shape index (κ3) is 2.15. The number of allylic oxidation sites excluding steroid dienone is 3. The maximum absolute atomic E-state index is 5.30. The fourth-order valence-corrected chi connectivity index (χ4v) is 1.55. The minimum absolute atomic E-state index is 0.898. The molecule has 75 valence electrons. The van der Waals surface area contributed by atoms with Crippen LogP contribution < -0.4 is 0 Å². The van der Waals surface area contributed by atoms with Crippen molar-refractivity contribution in [2.75, 3.05) is 0 Å². The molecule has 15 heavy (non-hydrogen) atoms. The van der Waals surface area contributed by atoms with Gasteiger partial charge in [0.2, 0.25) is 0 Å². The van der Waals surface area contributed by atoms with E-state index in [0.717, 1.165) is 29.5 Å². The zero-order valence-electron chi connectivity index (χ0n) is 8.39. The summed E-state index contributed by atoms with van der Waals surface area (Å²) in [6, 6.07) is 3.83. The second kappa shape index (κ2) is 4.60. The SMILES string of the molecule is [CH]=CC=CCCc1nccc2occc12. The lowest BCUT2D eigenvalue weighted by Crippen LogP contribution is -1.88. The summed E-state index contributed by atoms with van der Waals surface area (Å²) >= 11 is 0. The van der Waals surface area contributed by atoms with Gasteiger partial charge in [-0.1, -0.05) is 24.8 Å². The van der Waals surface area contributed by atoms with Crippen LogP contribution in [0.2, 0.25) is 0 Å². The number of aryl methyl sites for hydroxylation is 1. The molecule has 2 aromatic heterocycles. The number of hydrogen-bond acceptors (Lipinski definition) is 2. The van der Waals surface area contributed by atoms with Gasteiger partial charge in [0, 0.05) is 11.6 Å². The first-order chi connectivity index (χ1) is 7.42. The number of aromatic nitrogens is 1. The molecular formula is C13H12NO. The molecule has 0 saturated heterocycles. The van der Waals surface area contributed by atoms with E-state index in [1.54, 1.807) is 12.5 Å². The van der Waals surface area contributed by atoms with Gasteiger partial charge in [-0.05, 0) is 25.0 Å². The zero-order chi connectivity index (χ0) is 10.5. The highest BCUT2D eigenvalue weighted by Gasteiger charge is 2.02. The molecule has 0 amide bonds. The van der Waals surface area contributed by atoms with E-state index in [1.807, 2.05) is 24.3 Å². The summed E-state index contributed by atoms with van der Waals surface area (Å²) in [6.07, 6.45) is 10.7. The van der Waals surface area contributed by atoms with Gasteiger partial charge in [-0.2, -0.15) is 0 Å². The fourth-order valence-electron chi connectivity index (χ4n) is 1.55. The molecule has 2 rings (SSSR count). The van der Waals surface area contributed by atoms with Crippen LogP contribution in [0.1, 0.15) is 12.1 Å². The number of nitrogens with zero attached hydrogens (tertiary/aromatic N) is 1.